The molecule has 3 aromatic heterocycles. The number of amides is 1. The highest BCUT2D eigenvalue weighted by atomic mass is 16.3. The Morgan fingerprint density at radius 1 is 1.10 bits per heavy atom. The van der Waals surface area contributed by atoms with E-state index in [4.69, 9.17) is 15.2 Å². The van der Waals surface area contributed by atoms with Crippen molar-refractivity contribution in [3.63, 3.8) is 0 Å². The Labute approximate surface area is 245 Å². The van der Waals surface area contributed by atoms with Crippen molar-refractivity contribution in [2.24, 2.45) is 7.05 Å². The van der Waals surface area contributed by atoms with Crippen molar-refractivity contribution in [2.45, 2.75) is 39.3 Å². The van der Waals surface area contributed by atoms with Crippen molar-refractivity contribution in [2.75, 3.05) is 25.5 Å². The van der Waals surface area contributed by atoms with Gasteiger partial charge in [0, 0.05) is 68.9 Å². The summed E-state index contributed by atoms with van der Waals surface area (Å²) in [6.45, 7) is 6.33. The molecule has 0 aliphatic heterocycles. The number of aryl methyl sites for hydroxylation is 2. The Bertz CT molecular complexity index is 1730. The smallest absolute Gasteiger partial charge is 0.253 e. The van der Waals surface area contributed by atoms with Crippen LogP contribution < -0.4 is 5.32 Å². The van der Waals surface area contributed by atoms with Gasteiger partial charge in [-0.2, -0.15) is 9.61 Å². The standard InChI is InChI=1S/C32H37N7O3/c1-21-28(23-10-7-12-25(18-23)31(41)38(5)14-8-16-40)30-35-26(32(2,3)42)19-27(39(30)36-21)34-20-22-9-6-11-24(17-22)29-33-13-15-37(29)4/h6-7,9-13,15,17-19,34,40,42H,8,14,16,20H2,1-5H3. The van der Waals surface area contributed by atoms with Crippen LogP contribution in [0.1, 0.15) is 47.6 Å². The van der Waals surface area contributed by atoms with Crippen molar-refractivity contribution in [3.8, 4) is 22.5 Å². The Morgan fingerprint density at radius 3 is 2.57 bits per heavy atom. The maximum Gasteiger partial charge on any atom is 0.253 e. The van der Waals surface area contributed by atoms with E-state index in [1.165, 1.54) is 0 Å². The van der Waals surface area contributed by atoms with Crippen LogP contribution in [0.2, 0.25) is 0 Å². The van der Waals surface area contributed by atoms with E-state index in [2.05, 4.69) is 22.4 Å². The molecule has 0 bridgehead atoms. The van der Waals surface area contributed by atoms with Crippen LogP contribution in [-0.2, 0) is 19.2 Å². The number of nitrogens with one attached hydrogen (secondary N) is 1. The number of fused-ring (bicyclic) bond motifs is 1. The summed E-state index contributed by atoms with van der Waals surface area (Å²) in [7, 11) is 3.70. The van der Waals surface area contributed by atoms with E-state index in [0.717, 1.165) is 33.8 Å². The molecule has 218 valence electrons. The van der Waals surface area contributed by atoms with Gasteiger partial charge >= 0.3 is 0 Å². The molecule has 1 amide bonds. The summed E-state index contributed by atoms with van der Waals surface area (Å²) in [5, 5.41) is 28.4. The second kappa shape index (κ2) is 11.8. The number of imidazole rings is 1. The summed E-state index contributed by atoms with van der Waals surface area (Å²) in [4.78, 5) is 24.0. The summed E-state index contributed by atoms with van der Waals surface area (Å²) >= 11 is 0. The molecule has 42 heavy (non-hydrogen) atoms. The van der Waals surface area contributed by atoms with Crippen LogP contribution in [0.5, 0.6) is 0 Å². The first-order valence-electron chi connectivity index (χ1n) is 14.0. The SMILES string of the molecule is Cc1nn2c(NCc3cccc(-c4nccn4C)c3)cc(C(C)(C)O)nc2c1-c1cccc(C(=O)N(C)CCCO)c1. The minimum absolute atomic E-state index is 0.0282. The molecule has 0 atom stereocenters. The number of hydrogen-bond donors (Lipinski definition) is 3. The van der Waals surface area contributed by atoms with Crippen LogP contribution >= 0.6 is 0 Å². The lowest BCUT2D eigenvalue weighted by atomic mass is 10.0. The lowest BCUT2D eigenvalue weighted by molar-refractivity contribution is 0.0740. The molecule has 0 unspecified atom stereocenters. The van der Waals surface area contributed by atoms with Crippen LogP contribution in [-0.4, -0.2) is 65.4 Å². The molecular formula is C32H37N7O3. The van der Waals surface area contributed by atoms with Crippen molar-refractivity contribution in [1.82, 2.24) is 29.0 Å². The number of carbonyl (C=O) groups is 1. The highest BCUT2D eigenvalue weighted by molar-refractivity contribution is 5.96. The Morgan fingerprint density at radius 2 is 1.86 bits per heavy atom. The Kier molecular flexibility index (Phi) is 8.11. The molecule has 3 heterocycles. The average Bonchev–Trinajstić information content (AvgIpc) is 3.55. The molecule has 0 fully saturated rings. The lowest BCUT2D eigenvalue weighted by Gasteiger charge is -2.19. The molecule has 5 aromatic rings. The van der Waals surface area contributed by atoms with Crippen molar-refractivity contribution >= 4 is 17.4 Å². The summed E-state index contributed by atoms with van der Waals surface area (Å²) in [5.74, 6) is 1.45. The van der Waals surface area contributed by atoms with E-state index < -0.39 is 5.60 Å². The number of carbonyl (C=O) groups excluding carboxylic acids is 1. The van der Waals surface area contributed by atoms with Crippen molar-refractivity contribution in [1.29, 1.82) is 0 Å². The van der Waals surface area contributed by atoms with Gasteiger partial charge in [-0.25, -0.2) is 9.97 Å². The fourth-order valence-corrected chi connectivity index (χ4v) is 4.99. The van der Waals surface area contributed by atoms with Gasteiger partial charge in [0.1, 0.15) is 17.2 Å². The number of hydrogen-bond acceptors (Lipinski definition) is 7. The molecule has 10 nitrogen and oxygen atoms in total. The molecule has 0 aliphatic carbocycles. The van der Waals surface area contributed by atoms with Crippen LogP contribution in [0.15, 0.2) is 67.0 Å². The molecule has 0 spiro atoms. The number of anilines is 1. The Balaban J connectivity index is 1.53. The fourth-order valence-electron chi connectivity index (χ4n) is 4.99. The number of rotatable bonds is 10. The number of aromatic nitrogens is 5. The zero-order valence-corrected chi connectivity index (χ0v) is 24.7. The molecule has 3 N–H and O–H groups in total. The summed E-state index contributed by atoms with van der Waals surface area (Å²) < 4.78 is 3.74. The van der Waals surface area contributed by atoms with Crippen molar-refractivity contribution in [3.05, 3.63) is 89.5 Å². The predicted molar refractivity (Wildman–Crippen MR) is 163 cm³/mol. The van der Waals surface area contributed by atoms with Crippen LogP contribution in [0.4, 0.5) is 5.82 Å². The first-order chi connectivity index (χ1) is 20.1. The predicted octanol–water partition coefficient (Wildman–Crippen LogP) is 4.40. The van der Waals surface area contributed by atoms with Crippen LogP contribution in [0.25, 0.3) is 28.2 Å². The molecule has 5 rings (SSSR count). The third-order valence-electron chi connectivity index (χ3n) is 7.27. The van der Waals surface area contributed by atoms with Gasteiger partial charge in [-0.05, 0) is 56.5 Å². The van der Waals surface area contributed by atoms with Gasteiger partial charge in [0.15, 0.2) is 5.65 Å². The molecule has 0 saturated heterocycles. The summed E-state index contributed by atoms with van der Waals surface area (Å²) in [5.41, 5.74) is 4.83. The van der Waals surface area contributed by atoms with E-state index in [1.807, 2.05) is 61.1 Å². The van der Waals surface area contributed by atoms with E-state index in [-0.39, 0.29) is 12.5 Å². The Hall–Kier alpha value is -4.54. The molecular weight excluding hydrogens is 530 g/mol. The van der Waals surface area contributed by atoms with E-state index in [9.17, 15) is 9.90 Å². The second-order valence-corrected chi connectivity index (χ2v) is 11.1. The summed E-state index contributed by atoms with van der Waals surface area (Å²) in [6.07, 6.45) is 4.22. The van der Waals surface area contributed by atoms with E-state index in [0.29, 0.717) is 42.2 Å². The van der Waals surface area contributed by atoms with E-state index in [1.54, 1.807) is 42.6 Å². The minimum Gasteiger partial charge on any atom is -0.396 e. The zero-order chi connectivity index (χ0) is 30.0. The van der Waals surface area contributed by atoms with Gasteiger partial charge in [-0.1, -0.05) is 30.3 Å². The van der Waals surface area contributed by atoms with E-state index >= 15 is 0 Å². The summed E-state index contributed by atoms with van der Waals surface area (Å²) in [6, 6.07) is 17.4. The van der Waals surface area contributed by atoms with Gasteiger partial charge < -0.3 is 25.0 Å². The molecule has 0 saturated carbocycles. The third-order valence-corrected chi connectivity index (χ3v) is 7.27. The molecule has 0 radical (unpaired) electrons. The quantitative estimate of drug-likeness (QED) is 0.229. The highest BCUT2D eigenvalue weighted by Crippen LogP contribution is 2.32. The highest BCUT2D eigenvalue weighted by Gasteiger charge is 2.24. The van der Waals surface area contributed by atoms with Gasteiger partial charge in [0.2, 0.25) is 0 Å². The van der Waals surface area contributed by atoms with Gasteiger partial charge in [0.05, 0.1) is 11.4 Å². The van der Waals surface area contributed by atoms with Crippen LogP contribution in [0, 0.1) is 6.92 Å². The average molecular weight is 568 g/mol. The number of aliphatic hydroxyl groups excluding tert-OH is 1. The minimum atomic E-state index is -1.20. The second-order valence-electron chi connectivity index (χ2n) is 11.1. The molecule has 2 aromatic carbocycles. The number of aliphatic hydroxyl groups is 2. The van der Waals surface area contributed by atoms with Gasteiger partial charge in [-0.15, -0.1) is 0 Å². The van der Waals surface area contributed by atoms with Crippen LogP contribution in [0.3, 0.4) is 0 Å². The molecule has 10 heteroatoms. The number of benzene rings is 2. The maximum atomic E-state index is 13.1. The first-order valence-corrected chi connectivity index (χ1v) is 14.0. The first kappa shape index (κ1) is 29.0. The normalized spacial score (nSPS) is 11.7. The molecule has 0 aliphatic rings. The third kappa shape index (κ3) is 5.90. The fraction of sp³-hybridized carbons (Fsp3) is 0.312. The number of nitrogens with zero attached hydrogens (tertiary/aromatic N) is 6. The van der Waals surface area contributed by atoms with Gasteiger partial charge in [0.25, 0.3) is 5.91 Å². The monoisotopic (exact) mass is 567 g/mol. The largest absolute Gasteiger partial charge is 0.396 e. The lowest BCUT2D eigenvalue weighted by Crippen LogP contribution is -2.28. The topological polar surface area (TPSA) is 121 Å². The van der Waals surface area contributed by atoms with Crippen molar-refractivity contribution < 1.29 is 15.0 Å². The maximum absolute atomic E-state index is 13.1. The van der Waals surface area contributed by atoms with Gasteiger partial charge in [-0.3, -0.25) is 4.79 Å². The zero-order valence-electron chi connectivity index (χ0n) is 24.7.